The average Bonchev–Trinajstić information content (AvgIpc) is 2.34. The first-order chi connectivity index (χ1) is 8.26. The Morgan fingerprint density at radius 3 is 2.71 bits per heavy atom. The third kappa shape index (κ3) is 5.73. The molecule has 96 valence electrons. The highest BCUT2D eigenvalue weighted by Gasteiger charge is 2.01. The predicted molar refractivity (Wildman–Crippen MR) is 73.5 cm³/mol. The summed E-state index contributed by atoms with van der Waals surface area (Å²) in [6, 6.07) is 8.43. The van der Waals surface area contributed by atoms with Gasteiger partial charge in [0.1, 0.15) is 5.75 Å². The van der Waals surface area contributed by atoms with E-state index in [2.05, 4.69) is 44.0 Å². The van der Waals surface area contributed by atoms with Gasteiger partial charge in [0.2, 0.25) is 0 Å². The molecule has 0 fully saturated rings. The van der Waals surface area contributed by atoms with E-state index in [-0.39, 0.29) is 0 Å². The molecule has 0 saturated heterocycles. The smallest absolute Gasteiger partial charge is 0.119 e. The minimum atomic E-state index is 0.801. The lowest BCUT2D eigenvalue weighted by atomic mass is 10.2. The third-order valence-corrected chi connectivity index (χ3v) is 2.72. The lowest BCUT2D eigenvalue weighted by Gasteiger charge is -2.16. The Kier molecular flexibility index (Phi) is 6.71. The first-order valence-electron chi connectivity index (χ1n) is 6.66. The molecule has 1 aromatic rings. The van der Waals surface area contributed by atoms with Crippen LogP contribution < -0.4 is 4.74 Å². The minimum absolute atomic E-state index is 0.801. The van der Waals surface area contributed by atoms with Gasteiger partial charge in [0.25, 0.3) is 0 Å². The summed E-state index contributed by atoms with van der Waals surface area (Å²) in [7, 11) is 2.18. The van der Waals surface area contributed by atoms with Crippen molar-refractivity contribution in [2.24, 2.45) is 0 Å². The van der Waals surface area contributed by atoms with Crippen LogP contribution in [0.3, 0.4) is 0 Å². The van der Waals surface area contributed by atoms with Gasteiger partial charge in [-0.3, -0.25) is 0 Å². The molecule has 0 spiro atoms. The second-order valence-corrected chi connectivity index (χ2v) is 4.59. The van der Waals surface area contributed by atoms with Crippen molar-refractivity contribution in [2.75, 3.05) is 20.2 Å². The van der Waals surface area contributed by atoms with E-state index in [1.807, 2.05) is 6.07 Å². The summed E-state index contributed by atoms with van der Waals surface area (Å²) >= 11 is 0. The van der Waals surface area contributed by atoms with E-state index in [1.54, 1.807) is 0 Å². The summed E-state index contributed by atoms with van der Waals surface area (Å²) in [5.74, 6) is 0.994. The molecule has 1 rings (SSSR count). The van der Waals surface area contributed by atoms with Gasteiger partial charge in [-0.15, -0.1) is 0 Å². The van der Waals surface area contributed by atoms with Crippen LogP contribution in [-0.4, -0.2) is 25.1 Å². The number of hydrogen-bond donors (Lipinski definition) is 0. The molecule has 0 unspecified atom stereocenters. The SMILES string of the molecule is CCCCN(C)Cc1cccc(OCCC)c1. The lowest BCUT2D eigenvalue weighted by molar-refractivity contribution is 0.310. The van der Waals surface area contributed by atoms with Gasteiger partial charge in [0, 0.05) is 6.54 Å². The molecule has 0 amide bonds. The molecule has 0 aliphatic heterocycles. The number of benzene rings is 1. The Morgan fingerprint density at radius 1 is 1.18 bits per heavy atom. The van der Waals surface area contributed by atoms with Crippen LogP contribution in [0.15, 0.2) is 24.3 Å². The van der Waals surface area contributed by atoms with Gasteiger partial charge >= 0.3 is 0 Å². The van der Waals surface area contributed by atoms with Crippen molar-refractivity contribution in [1.29, 1.82) is 0 Å². The fourth-order valence-corrected chi connectivity index (χ4v) is 1.77. The van der Waals surface area contributed by atoms with Crippen LogP contribution >= 0.6 is 0 Å². The lowest BCUT2D eigenvalue weighted by Crippen LogP contribution is -2.18. The van der Waals surface area contributed by atoms with Gasteiger partial charge in [-0.25, -0.2) is 0 Å². The maximum atomic E-state index is 5.64. The number of nitrogens with zero attached hydrogens (tertiary/aromatic N) is 1. The highest BCUT2D eigenvalue weighted by Crippen LogP contribution is 2.15. The standard InChI is InChI=1S/C15H25NO/c1-4-6-10-16(3)13-14-8-7-9-15(12-14)17-11-5-2/h7-9,12H,4-6,10-11,13H2,1-3H3. The van der Waals surface area contributed by atoms with E-state index in [9.17, 15) is 0 Å². The largest absolute Gasteiger partial charge is 0.494 e. The van der Waals surface area contributed by atoms with Gasteiger partial charge in [-0.2, -0.15) is 0 Å². The molecule has 17 heavy (non-hydrogen) atoms. The molecule has 0 aromatic heterocycles. The summed E-state index contributed by atoms with van der Waals surface area (Å²) < 4.78 is 5.64. The van der Waals surface area contributed by atoms with Gasteiger partial charge in [-0.05, 0) is 44.1 Å². The molecule has 0 radical (unpaired) electrons. The summed E-state index contributed by atoms with van der Waals surface area (Å²) in [6.45, 7) is 7.32. The maximum Gasteiger partial charge on any atom is 0.119 e. The normalized spacial score (nSPS) is 10.8. The fraction of sp³-hybridized carbons (Fsp3) is 0.600. The minimum Gasteiger partial charge on any atom is -0.494 e. The van der Waals surface area contributed by atoms with Crippen molar-refractivity contribution >= 4 is 0 Å². The van der Waals surface area contributed by atoms with Gasteiger partial charge in [0.15, 0.2) is 0 Å². The number of unbranched alkanes of at least 4 members (excludes halogenated alkanes) is 1. The van der Waals surface area contributed by atoms with Crippen LogP contribution in [0.1, 0.15) is 38.7 Å². The molecule has 0 bridgehead atoms. The monoisotopic (exact) mass is 235 g/mol. The Bertz CT molecular complexity index is 312. The van der Waals surface area contributed by atoms with Crippen LogP contribution in [0.25, 0.3) is 0 Å². The van der Waals surface area contributed by atoms with Crippen LogP contribution in [0.5, 0.6) is 5.75 Å². The molecular formula is C15H25NO. The summed E-state index contributed by atoms with van der Waals surface area (Å²) in [5, 5.41) is 0. The zero-order valence-electron chi connectivity index (χ0n) is 11.4. The average molecular weight is 235 g/mol. The summed E-state index contributed by atoms with van der Waals surface area (Å²) in [6.07, 6.45) is 3.58. The molecule has 0 saturated carbocycles. The molecule has 0 atom stereocenters. The highest BCUT2D eigenvalue weighted by atomic mass is 16.5. The van der Waals surface area contributed by atoms with E-state index in [0.717, 1.165) is 31.9 Å². The maximum absolute atomic E-state index is 5.64. The van der Waals surface area contributed by atoms with Crippen LogP contribution in [0.2, 0.25) is 0 Å². The summed E-state index contributed by atoms with van der Waals surface area (Å²) in [4.78, 5) is 2.36. The van der Waals surface area contributed by atoms with Gasteiger partial charge in [0.05, 0.1) is 6.61 Å². The highest BCUT2D eigenvalue weighted by molar-refractivity contribution is 5.28. The van der Waals surface area contributed by atoms with E-state index in [4.69, 9.17) is 4.74 Å². The van der Waals surface area contributed by atoms with E-state index in [1.165, 1.54) is 18.4 Å². The van der Waals surface area contributed by atoms with Crippen LogP contribution in [0, 0.1) is 0 Å². The Labute approximate surface area is 106 Å². The first-order valence-corrected chi connectivity index (χ1v) is 6.66. The van der Waals surface area contributed by atoms with Crippen LogP contribution in [-0.2, 0) is 6.54 Å². The number of ether oxygens (including phenoxy) is 1. The topological polar surface area (TPSA) is 12.5 Å². The van der Waals surface area contributed by atoms with Gasteiger partial charge < -0.3 is 9.64 Å². The third-order valence-electron chi connectivity index (χ3n) is 2.72. The van der Waals surface area contributed by atoms with Crippen molar-refractivity contribution in [1.82, 2.24) is 4.90 Å². The van der Waals surface area contributed by atoms with E-state index < -0.39 is 0 Å². The van der Waals surface area contributed by atoms with E-state index in [0.29, 0.717) is 0 Å². The molecule has 2 nitrogen and oxygen atoms in total. The molecular weight excluding hydrogens is 210 g/mol. The first kappa shape index (κ1) is 14.0. The Balaban J connectivity index is 2.47. The van der Waals surface area contributed by atoms with Crippen molar-refractivity contribution in [2.45, 2.75) is 39.7 Å². The fourth-order valence-electron chi connectivity index (χ4n) is 1.77. The number of rotatable bonds is 8. The zero-order valence-corrected chi connectivity index (χ0v) is 11.4. The molecule has 0 aliphatic carbocycles. The van der Waals surface area contributed by atoms with Gasteiger partial charge in [-0.1, -0.05) is 32.4 Å². The quantitative estimate of drug-likeness (QED) is 0.681. The predicted octanol–water partition coefficient (Wildman–Crippen LogP) is 3.71. The van der Waals surface area contributed by atoms with Crippen molar-refractivity contribution in [3.8, 4) is 5.75 Å². The molecule has 0 heterocycles. The number of hydrogen-bond acceptors (Lipinski definition) is 2. The molecule has 1 aromatic carbocycles. The van der Waals surface area contributed by atoms with Crippen molar-refractivity contribution < 1.29 is 4.74 Å². The molecule has 0 N–H and O–H groups in total. The second kappa shape index (κ2) is 8.13. The zero-order chi connectivity index (χ0) is 12.5. The summed E-state index contributed by atoms with van der Waals surface area (Å²) in [5.41, 5.74) is 1.33. The second-order valence-electron chi connectivity index (χ2n) is 4.59. The van der Waals surface area contributed by atoms with Crippen molar-refractivity contribution in [3.05, 3.63) is 29.8 Å². The Hall–Kier alpha value is -1.02. The van der Waals surface area contributed by atoms with Crippen LogP contribution in [0.4, 0.5) is 0 Å². The molecule has 2 heteroatoms. The van der Waals surface area contributed by atoms with Crippen molar-refractivity contribution in [3.63, 3.8) is 0 Å². The van der Waals surface area contributed by atoms with E-state index >= 15 is 0 Å². The molecule has 0 aliphatic rings. The Morgan fingerprint density at radius 2 is 2.00 bits per heavy atom.